The number of carbonyl (C=O) groups is 1. The highest BCUT2D eigenvalue weighted by atomic mass is 32.1. The van der Waals surface area contributed by atoms with E-state index in [1.54, 1.807) is 38.5 Å². The van der Waals surface area contributed by atoms with Gasteiger partial charge in [-0.1, -0.05) is 0 Å². The molecule has 0 aliphatic rings. The van der Waals surface area contributed by atoms with Crippen molar-refractivity contribution in [3.8, 4) is 5.88 Å². The van der Waals surface area contributed by atoms with Gasteiger partial charge in [-0.15, -0.1) is 11.3 Å². The molecule has 0 aliphatic heterocycles. The maximum absolute atomic E-state index is 12.9. The molecular weight excluding hydrogens is 342 g/mol. The van der Waals surface area contributed by atoms with E-state index in [0.29, 0.717) is 28.0 Å². The smallest absolute Gasteiger partial charge is 0.264 e. The van der Waals surface area contributed by atoms with Crippen LogP contribution in [0.15, 0.2) is 22.8 Å². The summed E-state index contributed by atoms with van der Waals surface area (Å²) in [5.74, 6) is 1.62. The minimum atomic E-state index is -0.0905. The summed E-state index contributed by atoms with van der Waals surface area (Å²) < 4.78 is 15.8. The van der Waals surface area contributed by atoms with Crippen molar-refractivity contribution in [1.82, 2.24) is 14.9 Å². The second kappa shape index (κ2) is 7.20. The van der Waals surface area contributed by atoms with Crippen molar-refractivity contribution < 1.29 is 18.7 Å². The standard InChI is InChI=1S/C17H19N3O4S/c1-10-13-15(23-4)18-12(9-22-3)19-16(13)25-14(10)17(21)20(2)8-11-6-5-7-24-11/h5-7H,8-9H2,1-4H3. The molecule has 0 saturated carbocycles. The molecule has 0 bridgehead atoms. The molecule has 0 fully saturated rings. The van der Waals surface area contributed by atoms with E-state index in [9.17, 15) is 4.79 Å². The Morgan fingerprint density at radius 3 is 2.80 bits per heavy atom. The van der Waals surface area contributed by atoms with Crippen LogP contribution in [-0.2, 0) is 17.9 Å². The number of methoxy groups -OCH3 is 2. The Morgan fingerprint density at radius 1 is 1.36 bits per heavy atom. The number of carbonyl (C=O) groups excluding carboxylic acids is 1. The van der Waals surface area contributed by atoms with Crippen molar-refractivity contribution in [2.24, 2.45) is 0 Å². The first kappa shape index (κ1) is 17.4. The highest BCUT2D eigenvalue weighted by Crippen LogP contribution is 2.35. The fraction of sp³-hybridized carbons (Fsp3) is 0.353. The Bertz CT molecular complexity index is 889. The van der Waals surface area contributed by atoms with Crippen LogP contribution >= 0.6 is 11.3 Å². The minimum Gasteiger partial charge on any atom is -0.480 e. The normalized spacial score (nSPS) is 11.0. The second-order valence-electron chi connectivity index (χ2n) is 5.56. The van der Waals surface area contributed by atoms with E-state index in [2.05, 4.69) is 9.97 Å². The SMILES string of the molecule is COCc1nc(OC)c2c(C)c(C(=O)N(C)Cc3ccco3)sc2n1. The van der Waals surface area contributed by atoms with Crippen molar-refractivity contribution in [3.05, 3.63) is 40.4 Å². The Hall–Kier alpha value is -2.45. The van der Waals surface area contributed by atoms with Crippen LogP contribution < -0.4 is 4.74 Å². The first-order valence-electron chi connectivity index (χ1n) is 7.66. The third kappa shape index (κ3) is 3.35. The van der Waals surface area contributed by atoms with Crippen molar-refractivity contribution in [2.45, 2.75) is 20.1 Å². The molecule has 3 heterocycles. The molecule has 0 unspecified atom stereocenters. The van der Waals surface area contributed by atoms with E-state index < -0.39 is 0 Å². The lowest BCUT2D eigenvalue weighted by Gasteiger charge is -2.15. The predicted molar refractivity (Wildman–Crippen MR) is 93.9 cm³/mol. The van der Waals surface area contributed by atoms with Crippen LogP contribution in [0.1, 0.15) is 26.8 Å². The number of aromatic nitrogens is 2. The molecule has 25 heavy (non-hydrogen) atoms. The predicted octanol–water partition coefficient (Wildman–Crippen LogP) is 3.02. The quantitative estimate of drug-likeness (QED) is 0.672. The monoisotopic (exact) mass is 361 g/mol. The van der Waals surface area contributed by atoms with Gasteiger partial charge in [-0.25, -0.2) is 4.98 Å². The molecule has 132 valence electrons. The number of hydrogen-bond donors (Lipinski definition) is 0. The maximum atomic E-state index is 12.9. The summed E-state index contributed by atoms with van der Waals surface area (Å²) in [7, 11) is 4.88. The molecule has 3 rings (SSSR count). The number of thiophene rings is 1. The average molecular weight is 361 g/mol. The zero-order valence-corrected chi connectivity index (χ0v) is 15.3. The van der Waals surface area contributed by atoms with Crippen LogP contribution in [0.2, 0.25) is 0 Å². The largest absolute Gasteiger partial charge is 0.480 e. The van der Waals surface area contributed by atoms with Gasteiger partial charge in [0.25, 0.3) is 5.91 Å². The van der Waals surface area contributed by atoms with Gasteiger partial charge in [-0.05, 0) is 24.6 Å². The first-order chi connectivity index (χ1) is 12.0. The van der Waals surface area contributed by atoms with Gasteiger partial charge < -0.3 is 18.8 Å². The van der Waals surface area contributed by atoms with E-state index >= 15 is 0 Å². The summed E-state index contributed by atoms with van der Waals surface area (Å²) in [6, 6.07) is 3.64. The maximum Gasteiger partial charge on any atom is 0.264 e. The first-order valence-corrected chi connectivity index (χ1v) is 8.47. The zero-order chi connectivity index (χ0) is 18.0. The summed E-state index contributed by atoms with van der Waals surface area (Å²) in [5, 5.41) is 0.766. The Balaban J connectivity index is 1.98. The Morgan fingerprint density at radius 2 is 2.16 bits per heavy atom. The number of amides is 1. The van der Waals surface area contributed by atoms with E-state index in [1.165, 1.54) is 11.3 Å². The summed E-state index contributed by atoms with van der Waals surface area (Å²) >= 11 is 1.33. The molecule has 0 aromatic carbocycles. The highest BCUT2D eigenvalue weighted by Gasteiger charge is 2.23. The van der Waals surface area contributed by atoms with Crippen molar-refractivity contribution >= 4 is 27.5 Å². The summed E-state index contributed by atoms with van der Waals surface area (Å²) in [5.41, 5.74) is 0.817. The van der Waals surface area contributed by atoms with Crippen LogP contribution in [0.4, 0.5) is 0 Å². The molecular formula is C17H19N3O4S. The lowest BCUT2D eigenvalue weighted by Crippen LogP contribution is -2.25. The van der Waals surface area contributed by atoms with Crippen molar-refractivity contribution in [2.75, 3.05) is 21.3 Å². The summed E-state index contributed by atoms with van der Waals surface area (Å²) in [6.45, 7) is 2.57. The molecule has 1 amide bonds. The van der Waals surface area contributed by atoms with Gasteiger partial charge >= 0.3 is 0 Å². The molecule has 0 aliphatic carbocycles. The molecule has 0 saturated heterocycles. The van der Waals surface area contributed by atoms with Crippen LogP contribution in [0.3, 0.4) is 0 Å². The minimum absolute atomic E-state index is 0.0905. The van der Waals surface area contributed by atoms with Crippen LogP contribution in [0.25, 0.3) is 10.2 Å². The highest BCUT2D eigenvalue weighted by molar-refractivity contribution is 7.20. The van der Waals surface area contributed by atoms with Gasteiger partial charge in [0.2, 0.25) is 5.88 Å². The number of nitrogens with zero attached hydrogens (tertiary/aromatic N) is 3. The second-order valence-corrected chi connectivity index (χ2v) is 6.56. The van der Waals surface area contributed by atoms with E-state index in [4.69, 9.17) is 13.9 Å². The number of fused-ring (bicyclic) bond motifs is 1. The third-order valence-corrected chi connectivity index (χ3v) is 4.96. The third-order valence-electron chi connectivity index (χ3n) is 3.78. The fourth-order valence-electron chi connectivity index (χ4n) is 2.57. The van der Waals surface area contributed by atoms with E-state index in [-0.39, 0.29) is 12.5 Å². The molecule has 0 N–H and O–H groups in total. The number of ether oxygens (including phenoxy) is 2. The summed E-state index contributed by atoms with van der Waals surface area (Å²) in [6.07, 6.45) is 1.59. The van der Waals surface area contributed by atoms with Gasteiger partial charge in [0, 0.05) is 14.2 Å². The van der Waals surface area contributed by atoms with Gasteiger partial charge in [0.05, 0.1) is 30.2 Å². The van der Waals surface area contributed by atoms with Crippen molar-refractivity contribution in [3.63, 3.8) is 0 Å². The Labute approximate surface area is 149 Å². The molecule has 7 nitrogen and oxygen atoms in total. The summed E-state index contributed by atoms with van der Waals surface area (Å²) in [4.78, 5) is 24.6. The van der Waals surface area contributed by atoms with Gasteiger partial charge in [-0.2, -0.15) is 4.98 Å². The topological polar surface area (TPSA) is 77.7 Å². The van der Waals surface area contributed by atoms with Crippen LogP contribution in [0.5, 0.6) is 5.88 Å². The molecule has 0 radical (unpaired) electrons. The average Bonchev–Trinajstić information content (AvgIpc) is 3.22. The number of furan rings is 1. The molecule has 8 heteroatoms. The molecule has 0 atom stereocenters. The van der Waals surface area contributed by atoms with Crippen LogP contribution in [0, 0.1) is 6.92 Å². The van der Waals surface area contributed by atoms with Crippen molar-refractivity contribution in [1.29, 1.82) is 0 Å². The van der Waals surface area contributed by atoms with E-state index in [0.717, 1.165) is 16.7 Å². The number of rotatable bonds is 6. The van der Waals surface area contributed by atoms with Gasteiger partial charge in [0.1, 0.15) is 17.2 Å². The molecule has 3 aromatic rings. The number of aryl methyl sites for hydroxylation is 1. The van der Waals surface area contributed by atoms with Crippen LogP contribution in [-0.4, -0.2) is 42.0 Å². The zero-order valence-electron chi connectivity index (χ0n) is 14.5. The Kier molecular flexibility index (Phi) is 5.00. The van der Waals surface area contributed by atoms with Gasteiger partial charge in [-0.3, -0.25) is 4.79 Å². The lowest BCUT2D eigenvalue weighted by atomic mass is 10.2. The number of hydrogen-bond acceptors (Lipinski definition) is 7. The molecule has 0 spiro atoms. The lowest BCUT2D eigenvalue weighted by molar-refractivity contribution is 0.0779. The van der Waals surface area contributed by atoms with Gasteiger partial charge in [0.15, 0.2) is 5.82 Å². The van der Waals surface area contributed by atoms with E-state index in [1.807, 2.05) is 13.0 Å². The molecule has 3 aromatic heterocycles. The fourth-order valence-corrected chi connectivity index (χ4v) is 3.76.